The summed E-state index contributed by atoms with van der Waals surface area (Å²) in [5.41, 5.74) is 0.0864. The van der Waals surface area contributed by atoms with Gasteiger partial charge in [-0.25, -0.2) is 4.79 Å². The first-order valence-electron chi connectivity index (χ1n) is 7.80. The Morgan fingerprint density at radius 3 is 2.52 bits per heavy atom. The summed E-state index contributed by atoms with van der Waals surface area (Å²) < 4.78 is 5.04. The van der Waals surface area contributed by atoms with Crippen LogP contribution in [0, 0.1) is 11.8 Å². The molecule has 4 nitrogen and oxygen atoms in total. The third-order valence-electron chi connectivity index (χ3n) is 4.55. The molecule has 0 aromatic heterocycles. The van der Waals surface area contributed by atoms with Crippen LogP contribution in [0.2, 0.25) is 10.0 Å². The molecule has 1 N–H and O–H groups in total. The fourth-order valence-electron chi connectivity index (χ4n) is 2.93. The van der Waals surface area contributed by atoms with Crippen molar-refractivity contribution in [3.8, 4) is 0 Å². The summed E-state index contributed by atoms with van der Waals surface area (Å²) in [6.45, 7) is 4.00. The molecular formula is C17H21Cl2NO3. The second-order valence-electron chi connectivity index (χ2n) is 6.11. The average molecular weight is 358 g/mol. The van der Waals surface area contributed by atoms with Gasteiger partial charge in [0.05, 0.1) is 15.6 Å². The number of benzene rings is 1. The first kappa shape index (κ1) is 18.1. The molecule has 3 atom stereocenters. The van der Waals surface area contributed by atoms with Crippen LogP contribution in [0.4, 0.5) is 0 Å². The molecule has 1 aromatic carbocycles. The van der Waals surface area contributed by atoms with Gasteiger partial charge in [0, 0.05) is 6.04 Å². The normalized spacial score (nSPS) is 24.1. The molecule has 0 bridgehead atoms. The molecule has 23 heavy (non-hydrogen) atoms. The van der Waals surface area contributed by atoms with E-state index >= 15 is 0 Å². The van der Waals surface area contributed by atoms with Crippen molar-refractivity contribution in [3.63, 3.8) is 0 Å². The van der Waals surface area contributed by atoms with E-state index in [1.807, 2.05) is 0 Å². The zero-order chi connectivity index (χ0) is 17.0. The van der Waals surface area contributed by atoms with Gasteiger partial charge < -0.3 is 10.1 Å². The van der Waals surface area contributed by atoms with Gasteiger partial charge in [-0.1, -0.05) is 56.0 Å². The number of hydrogen-bond acceptors (Lipinski definition) is 3. The molecule has 0 heterocycles. The highest BCUT2D eigenvalue weighted by atomic mass is 35.5. The molecule has 1 fully saturated rings. The van der Waals surface area contributed by atoms with Crippen LogP contribution >= 0.6 is 23.2 Å². The van der Waals surface area contributed by atoms with Crippen LogP contribution in [0.25, 0.3) is 0 Å². The maximum Gasteiger partial charge on any atom is 0.341 e. The van der Waals surface area contributed by atoms with Gasteiger partial charge in [0.2, 0.25) is 0 Å². The monoisotopic (exact) mass is 357 g/mol. The van der Waals surface area contributed by atoms with Crippen LogP contribution in [0.3, 0.4) is 0 Å². The van der Waals surface area contributed by atoms with E-state index in [0.717, 1.165) is 12.8 Å². The Kier molecular flexibility index (Phi) is 6.31. The Bertz CT molecular complexity index is 571. The van der Waals surface area contributed by atoms with Crippen molar-refractivity contribution in [1.82, 2.24) is 5.32 Å². The number of halogens is 2. The van der Waals surface area contributed by atoms with E-state index in [2.05, 4.69) is 19.2 Å². The van der Waals surface area contributed by atoms with Crippen molar-refractivity contribution in [2.45, 2.75) is 39.2 Å². The summed E-state index contributed by atoms with van der Waals surface area (Å²) in [4.78, 5) is 24.0. The maximum absolute atomic E-state index is 12.0. The van der Waals surface area contributed by atoms with Crippen molar-refractivity contribution in [1.29, 1.82) is 0 Å². The smallest absolute Gasteiger partial charge is 0.341 e. The molecule has 0 spiro atoms. The average Bonchev–Trinajstić information content (AvgIpc) is 2.49. The van der Waals surface area contributed by atoms with Crippen molar-refractivity contribution in [3.05, 3.63) is 33.8 Å². The van der Waals surface area contributed by atoms with E-state index in [-0.39, 0.29) is 34.2 Å². The Hall–Kier alpha value is -1.26. The number of carbonyl (C=O) groups excluding carboxylic acids is 2. The molecule has 1 aliphatic rings. The molecule has 0 unspecified atom stereocenters. The first-order valence-corrected chi connectivity index (χ1v) is 8.56. The Morgan fingerprint density at radius 2 is 1.87 bits per heavy atom. The van der Waals surface area contributed by atoms with Crippen LogP contribution < -0.4 is 5.32 Å². The van der Waals surface area contributed by atoms with Gasteiger partial charge in [0.25, 0.3) is 5.91 Å². The van der Waals surface area contributed by atoms with Crippen LogP contribution in [-0.4, -0.2) is 24.5 Å². The largest absolute Gasteiger partial charge is 0.452 e. The molecule has 1 saturated carbocycles. The predicted octanol–water partition coefficient (Wildman–Crippen LogP) is 4.09. The van der Waals surface area contributed by atoms with Gasteiger partial charge in [-0.05, 0) is 30.4 Å². The summed E-state index contributed by atoms with van der Waals surface area (Å²) in [7, 11) is 0. The van der Waals surface area contributed by atoms with Crippen LogP contribution in [0.5, 0.6) is 0 Å². The Labute approximate surface area is 146 Å². The van der Waals surface area contributed by atoms with E-state index < -0.39 is 5.97 Å². The quantitative estimate of drug-likeness (QED) is 0.825. The lowest BCUT2D eigenvalue weighted by Gasteiger charge is -2.34. The molecule has 0 radical (unpaired) electrons. The number of amides is 1. The zero-order valence-electron chi connectivity index (χ0n) is 13.3. The van der Waals surface area contributed by atoms with E-state index in [1.54, 1.807) is 18.2 Å². The van der Waals surface area contributed by atoms with Gasteiger partial charge in [0.15, 0.2) is 6.61 Å². The SMILES string of the molecule is C[C@@H]1[C@@H](C)CCC[C@H]1NC(=O)COC(=O)c1c(Cl)cccc1Cl. The number of rotatable bonds is 4. The van der Waals surface area contributed by atoms with Gasteiger partial charge >= 0.3 is 5.97 Å². The van der Waals surface area contributed by atoms with Crippen molar-refractivity contribution < 1.29 is 14.3 Å². The molecule has 0 saturated heterocycles. The lowest BCUT2D eigenvalue weighted by molar-refractivity contribution is -0.125. The Morgan fingerprint density at radius 1 is 1.22 bits per heavy atom. The molecular weight excluding hydrogens is 337 g/mol. The molecule has 0 aliphatic heterocycles. The fourth-order valence-corrected chi connectivity index (χ4v) is 3.48. The van der Waals surface area contributed by atoms with Crippen molar-refractivity contribution in [2.75, 3.05) is 6.61 Å². The highest BCUT2D eigenvalue weighted by Gasteiger charge is 2.28. The molecule has 1 aliphatic carbocycles. The summed E-state index contributed by atoms with van der Waals surface area (Å²) in [5.74, 6) is 0.00762. The number of carbonyl (C=O) groups is 2. The van der Waals surface area contributed by atoms with Gasteiger partial charge in [-0.2, -0.15) is 0 Å². The molecule has 1 amide bonds. The lowest BCUT2D eigenvalue weighted by atomic mass is 9.78. The predicted molar refractivity (Wildman–Crippen MR) is 90.9 cm³/mol. The zero-order valence-corrected chi connectivity index (χ0v) is 14.8. The third kappa shape index (κ3) is 4.61. The first-order chi connectivity index (χ1) is 10.9. The number of hydrogen-bond donors (Lipinski definition) is 1. The van der Waals surface area contributed by atoms with E-state index in [1.165, 1.54) is 6.42 Å². The highest BCUT2D eigenvalue weighted by molar-refractivity contribution is 6.39. The van der Waals surface area contributed by atoms with E-state index in [4.69, 9.17) is 27.9 Å². The topological polar surface area (TPSA) is 55.4 Å². The summed E-state index contributed by atoms with van der Waals surface area (Å²) in [5, 5.41) is 3.37. The fraction of sp³-hybridized carbons (Fsp3) is 0.529. The van der Waals surface area contributed by atoms with Gasteiger partial charge in [-0.3, -0.25) is 4.79 Å². The van der Waals surface area contributed by atoms with Gasteiger partial charge in [0.1, 0.15) is 0 Å². The second kappa shape index (κ2) is 8.02. The molecule has 2 rings (SSSR count). The van der Waals surface area contributed by atoms with Crippen molar-refractivity contribution >= 4 is 35.1 Å². The second-order valence-corrected chi connectivity index (χ2v) is 6.93. The molecule has 6 heteroatoms. The van der Waals surface area contributed by atoms with Crippen LogP contribution in [0.1, 0.15) is 43.5 Å². The number of ether oxygens (including phenoxy) is 1. The third-order valence-corrected chi connectivity index (χ3v) is 5.18. The summed E-state index contributed by atoms with van der Waals surface area (Å²) in [6.07, 6.45) is 3.25. The minimum atomic E-state index is -0.694. The minimum Gasteiger partial charge on any atom is -0.452 e. The summed E-state index contributed by atoms with van der Waals surface area (Å²) >= 11 is 11.9. The van der Waals surface area contributed by atoms with Gasteiger partial charge in [-0.15, -0.1) is 0 Å². The van der Waals surface area contributed by atoms with E-state index in [9.17, 15) is 9.59 Å². The standard InChI is InChI=1S/C17H21Cl2NO3/c1-10-5-3-8-14(11(10)2)20-15(21)9-23-17(22)16-12(18)6-4-7-13(16)19/h4,6-7,10-11,14H,3,5,8-9H2,1-2H3,(H,20,21)/t10-,11+,14+/m0/s1. The van der Waals surface area contributed by atoms with Crippen LogP contribution in [-0.2, 0) is 9.53 Å². The summed E-state index contributed by atoms with van der Waals surface area (Å²) in [6, 6.07) is 4.87. The Balaban J connectivity index is 1.88. The van der Waals surface area contributed by atoms with Crippen molar-refractivity contribution in [2.24, 2.45) is 11.8 Å². The molecule has 1 aromatic rings. The molecule has 126 valence electrons. The van der Waals surface area contributed by atoms with E-state index in [0.29, 0.717) is 11.8 Å². The highest BCUT2D eigenvalue weighted by Crippen LogP contribution is 2.29. The maximum atomic E-state index is 12.0. The minimum absolute atomic E-state index is 0.0864. The number of esters is 1. The lowest BCUT2D eigenvalue weighted by Crippen LogP contribution is -2.45. The van der Waals surface area contributed by atoms with Crippen LogP contribution in [0.15, 0.2) is 18.2 Å². The number of nitrogens with one attached hydrogen (secondary N) is 1.